The summed E-state index contributed by atoms with van der Waals surface area (Å²) in [7, 11) is 0. The van der Waals surface area contributed by atoms with Crippen molar-refractivity contribution in [3.63, 3.8) is 0 Å². The van der Waals surface area contributed by atoms with Crippen LogP contribution < -0.4 is 10.5 Å². The van der Waals surface area contributed by atoms with E-state index in [4.69, 9.17) is 10.5 Å². The summed E-state index contributed by atoms with van der Waals surface area (Å²) in [5.41, 5.74) is 5.94. The number of hydrogen-bond acceptors (Lipinski definition) is 3. The number of nitrogens with zero attached hydrogens (tertiary/aromatic N) is 2. The van der Waals surface area contributed by atoms with E-state index in [2.05, 4.69) is 9.89 Å². The topological polar surface area (TPSA) is 50.9 Å². The van der Waals surface area contributed by atoms with Crippen LogP contribution in [0.4, 0.5) is 0 Å². The Morgan fingerprint density at radius 3 is 2.72 bits per heavy atom. The SMILES string of the molecule is NC(=NCCOc1ccccc1)N1CCSCC1. The fourth-order valence-electron chi connectivity index (χ4n) is 1.73. The number of para-hydroxylation sites is 1. The van der Waals surface area contributed by atoms with Crippen molar-refractivity contribution in [1.29, 1.82) is 0 Å². The summed E-state index contributed by atoms with van der Waals surface area (Å²) in [6, 6.07) is 9.76. The first-order valence-electron chi connectivity index (χ1n) is 6.17. The third-order valence-electron chi connectivity index (χ3n) is 2.71. The number of rotatable bonds is 4. The molecule has 4 nitrogen and oxygen atoms in total. The van der Waals surface area contributed by atoms with Gasteiger partial charge in [-0.05, 0) is 12.1 Å². The predicted octanol–water partition coefficient (Wildman–Crippen LogP) is 1.43. The molecule has 0 unspecified atom stereocenters. The van der Waals surface area contributed by atoms with Crippen LogP contribution in [-0.4, -0.2) is 48.6 Å². The van der Waals surface area contributed by atoms with Gasteiger partial charge in [-0.3, -0.25) is 0 Å². The van der Waals surface area contributed by atoms with Gasteiger partial charge in [-0.25, -0.2) is 4.99 Å². The van der Waals surface area contributed by atoms with E-state index >= 15 is 0 Å². The van der Waals surface area contributed by atoms with E-state index in [0.717, 1.165) is 30.3 Å². The minimum absolute atomic E-state index is 0.563. The Balaban J connectivity index is 1.70. The molecule has 0 aliphatic carbocycles. The second kappa shape index (κ2) is 7.16. The van der Waals surface area contributed by atoms with Crippen molar-refractivity contribution in [3.05, 3.63) is 30.3 Å². The van der Waals surface area contributed by atoms with E-state index in [1.54, 1.807) is 0 Å². The van der Waals surface area contributed by atoms with Crippen molar-refractivity contribution in [2.24, 2.45) is 10.7 Å². The van der Waals surface area contributed by atoms with Crippen molar-refractivity contribution in [1.82, 2.24) is 4.90 Å². The Morgan fingerprint density at radius 2 is 2.00 bits per heavy atom. The molecule has 0 radical (unpaired) electrons. The molecule has 0 atom stereocenters. The highest BCUT2D eigenvalue weighted by molar-refractivity contribution is 7.99. The molecule has 2 rings (SSSR count). The van der Waals surface area contributed by atoms with Crippen molar-refractivity contribution >= 4 is 17.7 Å². The molecule has 2 N–H and O–H groups in total. The smallest absolute Gasteiger partial charge is 0.191 e. The van der Waals surface area contributed by atoms with Crippen LogP contribution in [0.1, 0.15) is 0 Å². The van der Waals surface area contributed by atoms with Crippen LogP contribution in [0.25, 0.3) is 0 Å². The maximum absolute atomic E-state index is 5.94. The highest BCUT2D eigenvalue weighted by Crippen LogP contribution is 2.09. The van der Waals surface area contributed by atoms with Crippen LogP contribution in [0.5, 0.6) is 5.75 Å². The van der Waals surface area contributed by atoms with Gasteiger partial charge in [0.25, 0.3) is 0 Å². The molecule has 1 saturated heterocycles. The van der Waals surface area contributed by atoms with Crippen molar-refractivity contribution in [2.75, 3.05) is 37.7 Å². The minimum Gasteiger partial charge on any atom is -0.492 e. The van der Waals surface area contributed by atoms with Crippen LogP contribution in [0.3, 0.4) is 0 Å². The third kappa shape index (κ3) is 4.14. The van der Waals surface area contributed by atoms with Gasteiger partial charge in [0.1, 0.15) is 12.4 Å². The molecule has 0 spiro atoms. The second-order valence-corrected chi connectivity index (χ2v) is 5.23. The lowest BCUT2D eigenvalue weighted by Gasteiger charge is -2.27. The Labute approximate surface area is 112 Å². The zero-order valence-corrected chi connectivity index (χ0v) is 11.2. The monoisotopic (exact) mass is 265 g/mol. The molecule has 0 bridgehead atoms. The largest absolute Gasteiger partial charge is 0.492 e. The molecule has 1 heterocycles. The van der Waals surface area contributed by atoms with Crippen LogP contribution in [-0.2, 0) is 0 Å². The first-order chi connectivity index (χ1) is 8.86. The Bertz CT molecular complexity index is 377. The molecular weight excluding hydrogens is 246 g/mol. The van der Waals surface area contributed by atoms with Crippen LogP contribution in [0, 0.1) is 0 Å². The lowest BCUT2D eigenvalue weighted by atomic mass is 10.3. The molecule has 98 valence electrons. The average molecular weight is 265 g/mol. The van der Waals surface area contributed by atoms with Crippen molar-refractivity contribution in [2.45, 2.75) is 0 Å². The van der Waals surface area contributed by atoms with Gasteiger partial charge >= 0.3 is 0 Å². The highest BCUT2D eigenvalue weighted by Gasteiger charge is 2.11. The average Bonchev–Trinajstić information content (AvgIpc) is 2.45. The molecule has 0 saturated carbocycles. The van der Waals surface area contributed by atoms with Crippen LogP contribution >= 0.6 is 11.8 Å². The molecule has 1 aliphatic heterocycles. The summed E-state index contributed by atoms with van der Waals surface area (Å²) in [5.74, 6) is 3.79. The zero-order valence-electron chi connectivity index (χ0n) is 10.4. The molecule has 5 heteroatoms. The van der Waals surface area contributed by atoms with Crippen LogP contribution in [0.2, 0.25) is 0 Å². The van der Waals surface area contributed by atoms with Gasteiger partial charge in [0, 0.05) is 24.6 Å². The van der Waals surface area contributed by atoms with E-state index in [0.29, 0.717) is 19.1 Å². The van der Waals surface area contributed by atoms with Gasteiger partial charge in [0.15, 0.2) is 5.96 Å². The lowest BCUT2D eigenvalue weighted by Crippen LogP contribution is -2.42. The van der Waals surface area contributed by atoms with Gasteiger partial charge in [0.05, 0.1) is 6.54 Å². The lowest BCUT2D eigenvalue weighted by molar-refractivity contribution is 0.327. The summed E-state index contributed by atoms with van der Waals surface area (Å²) in [5, 5.41) is 0. The fourth-order valence-corrected chi connectivity index (χ4v) is 2.64. The van der Waals surface area contributed by atoms with Crippen molar-refractivity contribution < 1.29 is 4.74 Å². The molecule has 1 aromatic rings. The summed E-state index contributed by atoms with van der Waals surface area (Å²) >= 11 is 1.96. The summed E-state index contributed by atoms with van der Waals surface area (Å²) in [6.45, 7) is 3.16. The van der Waals surface area contributed by atoms with Gasteiger partial charge < -0.3 is 15.4 Å². The number of hydrogen-bond donors (Lipinski definition) is 1. The van der Waals surface area contributed by atoms with E-state index in [1.165, 1.54) is 0 Å². The number of guanidine groups is 1. The van der Waals surface area contributed by atoms with E-state index in [1.807, 2.05) is 42.1 Å². The molecule has 0 amide bonds. The number of aliphatic imine (C=N–C) groups is 1. The number of nitrogens with two attached hydrogens (primary N) is 1. The fraction of sp³-hybridized carbons (Fsp3) is 0.462. The predicted molar refractivity (Wildman–Crippen MR) is 77.3 cm³/mol. The second-order valence-electron chi connectivity index (χ2n) is 4.00. The summed E-state index contributed by atoms with van der Waals surface area (Å²) in [6.07, 6.45) is 0. The number of ether oxygens (including phenoxy) is 1. The Hall–Kier alpha value is -1.36. The standard InChI is InChI=1S/C13H19N3OS/c14-13(16-7-10-18-11-8-16)15-6-9-17-12-4-2-1-3-5-12/h1-5H,6-11H2,(H2,14,15). The van der Waals surface area contributed by atoms with E-state index < -0.39 is 0 Å². The van der Waals surface area contributed by atoms with Gasteiger partial charge in [-0.15, -0.1) is 0 Å². The molecule has 1 aliphatic rings. The normalized spacial score (nSPS) is 16.7. The van der Waals surface area contributed by atoms with Gasteiger partial charge in [-0.1, -0.05) is 18.2 Å². The highest BCUT2D eigenvalue weighted by atomic mass is 32.2. The third-order valence-corrected chi connectivity index (χ3v) is 3.65. The maximum atomic E-state index is 5.94. The molecule has 1 aromatic carbocycles. The molecule has 1 fully saturated rings. The molecule has 18 heavy (non-hydrogen) atoms. The number of thioether (sulfide) groups is 1. The van der Waals surface area contributed by atoms with Gasteiger partial charge in [-0.2, -0.15) is 11.8 Å². The summed E-state index contributed by atoms with van der Waals surface area (Å²) in [4.78, 5) is 6.49. The van der Waals surface area contributed by atoms with Crippen LogP contribution in [0.15, 0.2) is 35.3 Å². The van der Waals surface area contributed by atoms with Gasteiger partial charge in [0.2, 0.25) is 0 Å². The zero-order chi connectivity index (χ0) is 12.6. The first-order valence-corrected chi connectivity index (χ1v) is 7.32. The summed E-state index contributed by atoms with van der Waals surface area (Å²) < 4.78 is 5.56. The molecular formula is C13H19N3OS. The van der Waals surface area contributed by atoms with E-state index in [9.17, 15) is 0 Å². The Morgan fingerprint density at radius 1 is 1.28 bits per heavy atom. The quantitative estimate of drug-likeness (QED) is 0.508. The minimum atomic E-state index is 0.563. The maximum Gasteiger partial charge on any atom is 0.191 e. The van der Waals surface area contributed by atoms with Crippen molar-refractivity contribution in [3.8, 4) is 5.75 Å². The Kier molecular flexibility index (Phi) is 5.20. The molecule has 0 aromatic heterocycles. The number of benzene rings is 1. The van der Waals surface area contributed by atoms with E-state index in [-0.39, 0.29) is 0 Å². The first kappa shape index (κ1) is 13.1.